The van der Waals surface area contributed by atoms with Gasteiger partial charge in [0.05, 0.1) is 5.56 Å². The molecule has 1 aliphatic rings. The number of hydrogen-bond acceptors (Lipinski definition) is 2. The summed E-state index contributed by atoms with van der Waals surface area (Å²) in [6.45, 7) is 0. The average Bonchev–Trinajstić information content (AvgIpc) is 2.45. The first-order valence-corrected chi connectivity index (χ1v) is 7.33. The Hall–Kier alpha value is -1.07. The van der Waals surface area contributed by atoms with Crippen molar-refractivity contribution < 1.29 is 13.2 Å². The summed E-state index contributed by atoms with van der Waals surface area (Å²) in [5.41, 5.74) is 0.262. The van der Waals surface area contributed by atoms with Crippen LogP contribution in [0.15, 0.2) is 24.3 Å². The quantitative estimate of drug-likeness (QED) is 0.919. The second-order valence-electron chi connectivity index (χ2n) is 6.06. The zero-order chi connectivity index (χ0) is 15.6. The molecule has 1 N–H and O–H groups in total. The summed E-state index contributed by atoms with van der Waals surface area (Å²) in [4.78, 5) is 2.20. The lowest BCUT2D eigenvalue weighted by molar-refractivity contribution is -0.137. The fraction of sp³-hybridized carbons (Fsp3) is 0.625. The third-order valence-electron chi connectivity index (χ3n) is 4.53. The van der Waals surface area contributed by atoms with Crippen molar-refractivity contribution in [1.29, 1.82) is 0 Å². The standard InChI is InChI=1S/C16H23F3N2/c1-20-14-10-12(7-8-15(14)21(2)3)11-5-4-6-13(9-11)16(17,18)19/h4-6,9,12,14-15,20H,7-8,10H2,1-3H3/t12-,14+,15+/m0/s1. The Bertz CT molecular complexity index is 471. The molecule has 1 saturated carbocycles. The molecule has 3 atom stereocenters. The van der Waals surface area contributed by atoms with Crippen LogP contribution in [0.4, 0.5) is 13.2 Å². The Labute approximate surface area is 124 Å². The molecule has 118 valence electrons. The van der Waals surface area contributed by atoms with Gasteiger partial charge in [0.25, 0.3) is 0 Å². The second kappa shape index (κ2) is 6.36. The first-order chi connectivity index (χ1) is 9.82. The van der Waals surface area contributed by atoms with E-state index in [0.717, 1.165) is 30.9 Å². The lowest BCUT2D eigenvalue weighted by atomic mass is 9.78. The van der Waals surface area contributed by atoms with Gasteiger partial charge in [-0.25, -0.2) is 0 Å². The first kappa shape index (κ1) is 16.3. The van der Waals surface area contributed by atoms with E-state index in [-0.39, 0.29) is 5.92 Å². The molecule has 0 heterocycles. The third-order valence-corrected chi connectivity index (χ3v) is 4.53. The molecular weight excluding hydrogens is 277 g/mol. The molecule has 0 spiro atoms. The van der Waals surface area contributed by atoms with Gasteiger partial charge in [0.1, 0.15) is 0 Å². The van der Waals surface area contributed by atoms with E-state index in [9.17, 15) is 13.2 Å². The van der Waals surface area contributed by atoms with Gasteiger partial charge < -0.3 is 10.2 Å². The molecular formula is C16H23F3N2. The molecule has 0 saturated heterocycles. The van der Waals surface area contributed by atoms with Gasteiger partial charge in [0.2, 0.25) is 0 Å². The zero-order valence-electron chi connectivity index (χ0n) is 12.7. The van der Waals surface area contributed by atoms with Gasteiger partial charge in [-0.05, 0) is 58.0 Å². The van der Waals surface area contributed by atoms with E-state index in [1.165, 1.54) is 12.1 Å². The molecule has 0 radical (unpaired) electrons. The Balaban J connectivity index is 2.17. The van der Waals surface area contributed by atoms with Crippen molar-refractivity contribution in [3.8, 4) is 0 Å². The SMILES string of the molecule is CN[C@@H]1C[C@@H](c2cccc(C(F)(F)F)c2)CC[C@H]1N(C)C. The number of likely N-dealkylation sites (N-methyl/N-ethyl adjacent to an activating group) is 2. The second-order valence-corrected chi connectivity index (χ2v) is 6.06. The van der Waals surface area contributed by atoms with Crippen LogP contribution in [-0.2, 0) is 6.18 Å². The highest BCUT2D eigenvalue weighted by molar-refractivity contribution is 5.29. The number of rotatable bonds is 3. The smallest absolute Gasteiger partial charge is 0.315 e. The molecule has 21 heavy (non-hydrogen) atoms. The molecule has 1 aliphatic carbocycles. The highest BCUT2D eigenvalue weighted by atomic mass is 19.4. The Morgan fingerprint density at radius 2 is 1.90 bits per heavy atom. The lowest BCUT2D eigenvalue weighted by Gasteiger charge is -2.39. The number of alkyl halides is 3. The van der Waals surface area contributed by atoms with E-state index < -0.39 is 11.7 Å². The summed E-state index contributed by atoms with van der Waals surface area (Å²) < 4.78 is 38.5. The van der Waals surface area contributed by atoms with Gasteiger partial charge in [-0.1, -0.05) is 18.2 Å². The van der Waals surface area contributed by atoms with Crippen LogP contribution in [0.25, 0.3) is 0 Å². The van der Waals surface area contributed by atoms with Crippen LogP contribution in [0.3, 0.4) is 0 Å². The van der Waals surface area contributed by atoms with Gasteiger partial charge in [-0.15, -0.1) is 0 Å². The van der Waals surface area contributed by atoms with Crippen molar-refractivity contribution >= 4 is 0 Å². The van der Waals surface area contributed by atoms with Crippen molar-refractivity contribution in [2.24, 2.45) is 0 Å². The van der Waals surface area contributed by atoms with Crippen molar-refractivity contribution in [1.82, 2.24) is 10.2 Å². The van der Waals surface area contributed by atoms with E-state index >= 15 is 0 Å². The Kier molecular flexibility index (Phi) is 4.94. The summed E-state index contributed by atoms with van der Waals surface area (Å²) in [6.07, 6.45) is -1.46. The van der Waals surface area contributed by atoms with Crippen LogP contribution in [0.2, 0.25) is 0 Å². The number of benzene rings is 1. The van der Waals surface area contributed by atoms with Crippen molar-refractivity contribution in [2.45, 2.75) is 43.4 Å². The predicted octanol–water partition coefficient (Wildman–Crippen LogP) is 3.49. The van der Waals surface area contributed by atoms with E-state index in [2.05, 4.69) is 24.3 Å². The number of nitrogens with one attached hydrogen (secondary N) is 1. The molecule has 5 heteroatoms. The molecule has 0 bridgehead atoms. The van der Waals surface area contributed by atoms with Gasteiger partial charge in [-0.2, -0.15) is 13.2 Å². The van der Waals surface area contributed by atoms with Crippen LogP contribution < -0.4 is 5.32 Å². The van der Waals surface area contributed by atoms with E-state index in [1.54, 1.807) is 0 Å². The molecule has 2 rings (SSSR count). The van der Waals surface area contributed by atoms with E-state index in [4.69, 9.17) is 0 Å². The van der Waals surface area contributed by atoms with Crippen molar-refractivity contribution in [2.75, 3.05) is 21.1 Å². The van der Waals surface area contributed by atoms with E-state index in [0.29, 0.717) is 12.1 Å². The molecule has 0 aliphatic heterocycles. The van der Waals surface area contributed by atoms with Crippen LogP contribution in [0, 0.1) is 0 Å². The summed E-state index contributed by atoms with van der Waals surface area (Å²) in [5, 5.41) is 3.32. The van der Waals surface area contributed by atoms with E-state index in [1.807, 2.05) is 13.1 Å². The van der Waals surface area contributed by atoms with Gasteiger partial charge in [-0.3, -0.25) is 0 Å². The minimum Gasteiger partial charge on any atom is -0.315 e. The van der Waals surface area contributed by atoms with Gasteiger partial charge >= 0.3 is 6.18 Å². The zero-order valence-corrected chi connectivity index (χ0v) is 12.7. The van der Waals surface area contributed by atoms with Crippen LogP contribution in [-0.4, -0.2) is 38.1 Å². The molecule has 0 unspecified atom stereocenters. The molecule has 1 aromatic rings. The Morgan fingerprint density at radius 3 is 2.48 bits per heavy atom. The Morgan fingerprint density at radius 1 is 1.19 bits per heavy atom. The fourth-order valence-corrected chi connectivity index (χ4v) is 3.35. The summed E-state index contributed by atoms with van der Waals surface area (Å²) in [6, 6.07) is 6.55. The maximum atomic E-state index is 12.8. The highest BCUT2D eigenvalue weighted by Gasteiger charge is 2.34. The lowest BCUT2D eigenvalue weighted by Crippen LogP contribution is -2.49. The molecule has 1 fully saturated rings. The minimum absolute atomic E-state index is 0.195. The maximum Gasteiger partial charge on any atom is 0.416 e. The summed E-state index contributed by atoms with van der Waals surface area (Å²) >= 11 is 0. The number of nitrogens with zero attached hydrogens (tertiary/aromatic N) is 1. The summed E-state index contributed by atoms with van der Waals surface area (Å²) in [7, 11) is 6.04. The predicted molar refractivity (Wildman–Crippen MR) is 78.4 cm³/mol. The van der Waals surface area contributed by atoms with Gasteiger partial charge in [0.15, 0.2) is 0 Å². The number of halogens is 3. The maximum absolute atomic E-state index is 12.8. The molecule has 0 aromatic heterocycles. The molecule has 1 aromatic carbocycles. The van der Waals surface area contributed by atoms with Crippen molar-refractivity contribution in [3.63, 3.8) is 0 Å². The van der Waals surface area contributed by atoms with Crippen LogP contribution >= 0.6 is 0 Å². The summed E-state index contributed by atoms with van der Waals surface area (Å²) in [5.74, 6) is 0.195. The van der Waals surface area contributed by atoms with Crippen molar-refractivity contribution in [3.05, 3.63) is 35.4 Å². The fourth-order valence-electron chi connectivity index (χ4n) is 3.35. The third kappa shape index (κ3) is 3.77. The van der Waals surface area contributed by atoms with Gasteiger partial charge in [0, 0.05) is 12.1 Å². The first-order valence-electron chi connectivity index (χ1n) is 7.33. The van der Waals surface area contributed by atoms with Crippen LogP contribution in [0.5, 0.6) is 0 Å². The monoisotopic (exact) mass is 300 g/mol. The highest BCUT2D eigenvalue weighted by Crippen LogP contribution is 2.37. The minimum atomic E-state index is -4.26. The number of hydrogen-bond donors (Lipinski definition) is 1. The molecule has 0 amide bonds. The topological polar surface area (TPSA) is 15.3 Å². The average molecular weight is 300 g/mol. The largest absolute Gasteiger partial charge is 0.416 e. The van der Waals surface area contributed by atoms with Crippen LogP contribution in [0.1, 0.15) is 36.3 Å². The molecule has 2 nitrogen and oxygen atoms in total. The normalized spacial score (nSPS) is 27.1.